The molecule has 1 saturated heterocycles. The van der Waals surface area contributed by atoms with Crippen LogP contribution in [-0.4, -0.2) is 50.9 Å². The zero-order valence-electron chi connectivity index (χ0n) is 13.3. The Bertz CT molecular complexity index is 749. The smallest absolute Gasteiger partial charge is 0.233 e. The minimum atomic E-state index is 0.410. The van der Waals surface area contributed by atoms with E-state index in [1.54, 1.807) is 6.20 Å². The van der Waals surface area contributed by atoms with Gasteiger partial charge in [-0.15, -0.1) is 0 Å². The Morgan fingerprint density at radius 2 is 2.00 bits per heavy atom. The first-order valence-electron chi connectivity index (χ1n) is 8.06. The van der Waals surface area contributed by atoms with Crippen molar-refractivity contribution in [1.29, 1.82) is 0 Å². The summed E-state index contributed by atoms with van der Waals surface area (Å²) in [5, 5.41) is 0. The summed E-state index contributed by atoms with van der Waals surface area (Å²) in [5.41, 5.74) is 2.45. The molecule has 3 heterocycles. The van der Waals surface area contributed by atoms with Gasteiger partial charge in [-0.25, -0.2) is 9.97 Å². The van der Waals surface area contributed by atoms with Gasteiger partial charge in [0.25, 0.3) is 0 Å². The Kier molecular flexibility index (Phi) is 3.81. The van der Waals surface area contributed by atoms with Crippen molar-refractivity contribution in [2.75, 3.05) is 26.7 Å². The van der Waals surface area contributed by atoms with Crippen LogP contribution in [0, 0.1) is 0 Å². The largest absolute Gasteiger partial charge is 0.303 e. The van der Waals surface area contributed by atoms with E-state index in [0.29, 0.717) is 6.04 Å². The molecule has 1 aliphatic heterocycles. The van der Waals surface area contributed by atoms with Crippen LogP contribution < -0.4 is 0 Å². The van der Waals surface area contributed by atoms with Crippen molar-refractivity contribution in [3.63, 3.8) is 0 Å². The Hall–Kier alpha value is -2.24. The zero-order valence-corrected chi connectivity index (χ0v) is 13.3. The van der Waals surface area contributed by atoms with E-state index in [1.165, 1.54) is 5.56 Å². The topological polar surface area (TPSA) is 36.7 Å². The van der Waals surface area contributed by atoms with Gasteiger partial charge in [0.05, 0.1) is 5.69 Å². The van der Waals surface area contributed by atoms with E-state index in [9.17, 15) is 0 Å². The molecule has 1 fully saturated rings. The van der Waals surface area contributed by atoms with Crippen LogP contribution in [0.2, 0.25) is 0 Å². The van der Waals surface area contributed by atoms with Crippen molar-refractivity contribution >= 4 is 5.78 Å². The fraction of sp³-hybridized carbons (Fsp3) is 0.333. The molecule has 0 aliphatic carbocycles. The first kappa shape index (κ1) is 14.4. The highest BCUT2D eigenvalue weighted by molar-refractivity contribution is 5.30. The number of fused-ring (bicyclic) bond motifs is 1. The maximum absolute atomic E-state index is 4.65. The van der Waals surface area contributed by atoms with Crippen molar-refractivity contribution in [3.05, 3.63) is 66.2 Å². The number of hydrogen-bond donors (Lipinski definition) is 0. The predicted octanol–water partition coefficient (Wildman–Crippen LogP) is 2.22. The summed E-state index contributed by atoms with van der Waals surface area (Å²) in [6.45, 7) is 4.05. The van der Waals surface area contributed by atoms with Crippen molar-refractivity contribution in [1.82, 2.24) is 24.2 Å². The number of hydrogen-bond acceptors (Lipinski definition) is 4. The minimum Gasteiger partial charge on any atom is -0.303 e. The van der Waals surface area contributed by atoms with Gasteiger partial charge in [-0.1, -0.05) is 30.3 Å². The van der Waals surface area contributed by atoms with Gasteiger partial charge in [0.2, 0.25) is 5.78 Å². The zero-order chi connectivity index (χ0) is 15.6. The van der Waals surface area contributed by atoms with Crippen LogP contribution in [0.5, 0.6) is 0 Å². The van der Waals surface area contributed by atoms with E-state index in [2.05, 4.69) is 63.3 Å². The molecule has 0 bridgehead atoms. The third kappa shape index (κ3) is 2.98. The highest BCUT2D eigenvalue weighted by Crippen LogP contribution is 2.26. The molecule has 5 heteroatoms. The quantitative estimate of drug-likeness (QED) is 0.743. The fourth-order valence-electron chi connectivity index (χ4n) is 3.30. The summed E-state index contributed by atoms with van der Waals surface area (Å²) in [7, 11) is 2.20. The SMILES string of the molecule is CN1CCN(Cc2cn3cccnc3n2)C(c2ccccc2)C1. The predicted molar refractivity (Wildman–Crippen MR) is 90.1 cm³/mol. The number of imidazole rings is 1. The summed E-state index contributed by atoms with van der Waals surface area (Å²) in [6, 6.07) is 13.1. The number of aromatic nitrogens is 3. The maximum Gasteiger partial charge on any atom is 0.233 e. The highest BCUT2D eigenvalue weighted by atomic mass is 15.3. The molecule has 23 heavy (non-hydrogen) atoms. The van der Waals surface area contributed by atoms with Gasteiger partial charge in [0.1, 0.15) is 0 Å². The number of piperazine rings is 1. The van der Waals surface area contributed by atoms with E-state index in [0.717, 1.165) is 37.7 Å². The highest BCUT2D eigenvalue weighted by Gasteiger charge is 2.27. The van der Waals surface area contributed by atoms with E-state index in [1.807, 2.05) is 16.7 Å². The molecule has 1 aliphatic rings. The lowest BCUT2D eigenvalue weighted by atomic mass is 10.0. The van der Waals surface area contributed by atoms with E-state index in [-0.39, 0.29) is 0 Å². The molecular weight excluding hydrogens is 286 g/mol. The lowest BCUT2D eigenvalue weighted by Crippen LogP contribution is -2.46. The van der Waals surface area contributed by atoms with Crippen LogP contribution in [0.15, 0.2) is 55.0 Å². The van der Waals surface area contributed by atoms with Gasteiger partial charge >= 0.3 is 0 Å². The molecule has 2 aromatic heterocycles. The van der Waals surface area contributed by atoms with Crippen LogP contribution >= 0.6 is 0 Å². The molecule has 3 aromatic rings. The third-order valence-corrected chi connectivity index (χ3v) is 4.53. The molecule has 0 spiro atoms. The number of rotatable bonds is 3. The minimum absolute atomic E-state index is 0.410. The van der Waals surface area contributed by atoms with Crippen LogP contribution in [0.25, 0.3) is 5.78 Å². The number of nitrogens with zero attached hydrogens (tertiary/aromatic N) is 5. The Morgan fingerprint density at radius 1 is 1.13 bits per heavy atom. The molecule has 0 amide bonds. The van der Waals surface area contributed by atoms with Crippen LogP contribution in [0.1, 0.15) is 17.3 Å². The fourth-order valence-corrected chi connectivity index (χ4v) is 3.30. The van der Waals surface area contributed by atoms with Crippen molar-refractivity contribution in [2.24, 2.45) is 0 Å². The van der Waals surface area contributed by atoms with Crippen molar-refractivity contribution in [2.45, 2.75) is 12.6 Å². The first-order chi connectivity index (χ1) is 11.3. The van der Waals surface area contributed by atoms with Crippen molar-refractivity contribution < 1.29 is 0 Å². The van der Waals surface area contributed by atoms with Gasteiger partial charge in [-0.3, -0.25) is 9.30 Å². The second kappa shape index (κ2) is 6.10. The average Bonchev–Trinajstić information content (AvgIpc) is 2.99. The molecule has 1 aromatic carbocycles. The van der Waals surface area contributed by atoms with E-state index >= 15 is 0 Å². The second-order valence-corrected chi connectivity index (χ2v) is 6.22. The standard InChI is InChI=1S/C18H21N5/c1-21-10-11-22(17(14-21)15-6-3-2-4-7-15)12-16-13-23-9-5-8-19-18(23)20-16/h2-9,13,17H,10-12,14H2,1H3. The molecule has 1 atom stereocenters. The summed E-state index contributed by atoms with van der Waals surface area (Å²) >= 11 is 0. The summed E-state index contributed by atoms with van der Waals surface area (Å²) in [6.07, 6.45) is 5.87. The summed E-state index contributed by atoms with van der Waals surface area (Å²) in [4.78, 5) is 13.9. The molecule has 0 radical (unpaired) electrons. The van der Waals surface area contributed by atoms with Gasteiger partial charge in [-0.05, 0) is 18.7 Å². The number of likely N-dealkylation sites (N-methyl/N-ethyl adjacent to an activating group) is 1. The lowest BCUT2D eigenvalue weighted by Gasteiger charge is -2.40. The molecular formula is C18H21N5. The van der Waals surface area contributed by atoms with Gasteiger partial charge in [0.15, 0.2) is 0 Å². The van der Waals surface area contributed by atoms with Gasteiger partial charge in [-0.2, -0.15) is 0 Å². The Morgan fingerprint density at radius 3 is 2.83 bits per heavy atom. The molecule has 118 valence electrons. The first-order valence-corrected chi connectivity index (χ1v) is 8.06. The Balaban J connectivity index is 1.60. The van der Waals surface area contributed by atoms with Gasteiger partial charge < -0.3 is 4.90 Å². The Labute approximate surface area is 136 Å². The number of benzene rings is 1. The lowest BCUT2D eigenvalue weighted by molar-refractivity contribution is 0.0824. The normalized spacial score (nSPS) is 20.1. The van der Waals surface area contributed by atoms with Gasteiger partial charge in [0, 0.05) is 50.8 Å². The monoisotopic (exact) mass is 307 g/mol. The molecule has 4 rings (SSSR count). The molecule has 5 nitrogen and oxygen atoms in total. The van der Waals surface area contributed by atoms with Crippen LogP contribution in [-0.2, 0) is 6.54 Å². The molecule has 1 unspecified atom stereocenters. The van der Waals surface area contributed by atoms with Crippen LogP contribution in [0.4, 0.5) is 0 Å². The average molecular weight is 307 g/mol. The molecule has 0 N–H and O–H groups in total. The third-order valence-electron chi connectivity index (χ3n) is 4.53. The maximum atomic E-state index is 4.65. The molecule has 0 saturated carbocycles. The second-order valence-electron chi connectivity index (χ2n) is 6.22. The summed E-state index contributed by atoms with van der Waals surface area (Å²) in [5.74, 6) is 0.771. The van der Waals surface area contributed by atoms with Crippen LogP contribution in [0.3, 0.4) is 0 Å². The van der Waals surface area contributed by atoms with E-state index in [4.69, 9.17) is 0 Å². The van der Waals surface area contributed by atoms with E-state index < -0.39 is 0 Å². The van der Waals surface area contributed by atoms with Crippen molar-refractivity contribution in [3.8, 4) is 0 Å². The summed E-state index contributed by atoms with van der Waals surface area (Å²) < 4.78 is 1.99.